The number of alkyl halides is 1. The van der Waals surface area contributed by atoms with E-state index in [1.807, 2.05) is 17.9 Å². The van der Waals surface area contributed by atoms with Crippen molar-refractivity contribution in [2.75, 3.05) is 20.1 Å². The molecule has 1 aliphatic rings. The summed E-state index contributed by atoms with van der Waals surface area (Å²) in [7, 11) is 3.14. The minimum Gasteiger partial charge on any atom is -0.360 e. The molecule has 1 fully saturated rings. The van der Waals surface area contributed by atoms with Gasteiger partial charge in [-0.25, -0.2) is 9.07 Å². The van der Waals surface area contributed by atoms with Gasteiger partial charge in [0.1, 0.15) is 11.9 Å². The van der Waals surface area contributed by atoms with Crippen LogP contribution in [0.15, 0.2) is 27.5 Å². The maximum Gasteiger partial charge on any atom is 0.274 e. The molecule has 0 unspecified atom stereocenters. The molecule has 3 rings (SSSR count). The van der Waals surface area contributed by atoms with E-state index in [-0.39, 0.29) is 23.2 Å². The van der Waals surface area contributed by atoms with Crippen LogP contribution < -0.4 is 5.56 Å². The Balaban J connectivity index is 1.67. The molecule has 0 saturated carbocycles. The lowest BCUT2D eigenvalue weighted by molar-refractivity contribution is 0.0737. The Kier molecular flexibility index (Phi) is 5.17. The van der Waals surface area contributed by atoms with Crippen molar-refractivity contribution < 1.29 is 13.7 Å². The van der Waals surface area contributed by atoms with Gasteiger partial charge in [-0.15, -0.1) is 0 Å². The highest BCUT2D eigenvalue weighted by molar-refractivity contribution is 5.91. The summed E-state index contributed by atoms with van der Waals surface area (Å²) in [5.41, 5.74) is 0.677. The topological polar surface area (TPSA) is 84.5 Å². The number of halogens is 1. The molecule has 140 valence electrons. The number of hydrogen-bond acceptors (Lipinski definition) is 6. The number of carbonyl (C=O) groups excluding carboxylic acids is 1. The van der Waals surface area contributed by atoms with Crippen molar-refractivity contribution in [3.8, 4) is 0 Å². The zero-order valence-electron chi connectivity index (χ0n) is 15.1. The fourth-order valence-corrected chi connectivity index (χ4v) is 3.21. The molecule has 2 atom stereocenters. The van der Waals surface area contributed by atoms with Gasteiger partial charge in [-0.05, 0) is 19.4 Å². The molecule has 0 bridgehead atoms. The molecule has 2 aromatic heterocycles. The van der Waals surface area contributed by atoms with Crippen LogP contribution >= 0.6 is 0 Å². The third kappa shape index (κ3) is 3.98. The number of rotatable bonds is 5. The lowest BCUT2D eigenvalue weighted by Crippen LogP contribution is -2.41. The second-order valence-electron chi connectivity index (χ2n) is 6.72. The Bertz CT molecular complexity index is 849. The van der Waals surface area contributed by atoms with Crippen molar-refractivity contribution in [3.05, 3.63) is 45.7 Å². The largest absolute Gasteiger partial charge is 0.360 e. The van der Waals surface area contributed by atoms with Crippen LogP contribution in [-0.2, 0) is 13.6 Å². The van der Waals surface area contributed by atoms with Crippen LogP contribution in [0.4, 0.5) is 4.39 Å². The highest BCUT2D eigenvalue weighted by Crippen LogP contribution is 2.24. The van der Waals surface area contributed by atoms with Crippen LogP contribution in [0.2, 0.25) is 0 Å². The minimum atomic E-state index is -0.941. The lowest BCUT2D eigenvalue weighted by atomic mass is 10.2. The number of aromatic nitrogens is 3. The molecule has 1 saturated heterocycles. The summed E-state index contributed by atoms with van der Waals surface area (Å²) in [6, 6.07) is 4.41. The fourth-order valence-electron chi connectivity index (χ4n) is 3.21. The van der Waals surface area contributed by atoms with Crippen molar-refractivity contribution in [3.63, 3.8) is 0 Å². The van der Waals surface area contributed by atoms with Crippen LogP contribution in [0.25, 0.3) is 0 Å². The van der Waals surface area contributed by atoms with E-state index >= 15 is 0 Å². The van der Waals surface area contributed by atoms with E-state index in [9.17, 15) is 14.0 Å². The molecule has 1 aliphatic heterocycles. The van der Waals surface area contributed by atoms with E-state index in [1.165, 1.54) is 24.1 Å². The number of aryl methyl sites for hydroxylation is 2. The Morgan fingerprint density at radius 2 is 2.23 bits per heavy atom. The van der Waals surface area contributed by atoms with Crippen LogP contribution in [0.5, 0.6) is 0 Å². The lowest BCUT2D eigenvalue weighted by Gasteiger charge is -2.27. The summed E-state index contributed by atoms with van der Waals surface area (Å²) in [5.74, 6) is 0.369. The van der Waals surface area contributed by atoms with E-state index in [0.29, 0.717) is 31.8 Å². The molecule has 9 heteroatoms. The standard InChI is InChI=1S/C17H22FN5O3/c1-11-6-14(26-20-11)10-23-8-12(18)7-13(23)9-21(2)17(25)15-4-5-16(24)22(3)19-15/h4-6,12-13H,7-10H2,1-3H3/t12-,13-/m0/s1. The van der Waals surface area contributed by atoms with Gasteiger partial charge in [0.25, 0.3) is 11.5 Å². The smallest absolute Gasteiger partial charge is 0.274 e. The van der Waals surface area contributed by atoms with Gasteiger partial charge in [0.2, 0.25) is 0 Å². The zero-order valence-corrected chi connectivity index (χ0v) is 15.1. The number of hydrogen-bond donors (Lipinski definition) is 0. The van der Waals surface area contributed by atoms with Gasteiger partial charge < -0.3 is 9.42 Å². The van der Waals surface area contributed by atoms with Crippen molar-refractivity contribution in [1.29, 1.82) is 0 Å². The Morgan fingerprint density at radius 1 is 1.46 bits per heavy atom. The van der Waals surface area contributed by atoms with Crippen molar-refractivity contribution in [2.24, 2.45) is 7.05 Å². The molecule has 0 N–H and O–H groups in total. The van der Waals surface area contributed by atoms with Gasteiger partial charge in [0, 0.05) is 45.4 Å². The predicted octanol–water partition coefficient (Wildman–Crippen LogP) is 0.761. The summed E-state index contributed by atoms with van der Waals surface area (Å²) in [5, 5.41) is 7.83. The quantitative estimate of drug-likeness (QED) is 0.780. The highest BCUT2D eigenvalue weighted by atomic mass is 19.1. The first kappa shape index (κ1) is 18.2. The van der Waals surface area contributed by atoms with Gasteiger partial charge in [-0.3, -0.25) is 14.5 Å². The summed E-state index contributed by atoms with van der Waals surface area (Å²) in [4.78, 5) is 27.4. The Labute approximate surface area is 150 Å². The van der Waals surface area contributed by atoms with Crippen molar-refractivity contribution in [1.82, 2.24) is 24.7 Å². The maximum atomic E-state index is 14.0. The average Bonchev–Trinajstić information content (AvgIpc) is 3.15. The summed E-state index contributed by atoms with van der Waals surface area (Å²) in [6.07, 6.45) is -0.589. The number of carbonyl (C=O) groups is 1. The summed E-state index contributed by atoms with van der Waals surface area (Å²) < 4.78 is 20.3. The average molecular weight is 363 g/mol. The molecule has 26 heavy (non-hydrogen) atoms. The predicted molar refractivity (Wildman–Crippen MR) is 91.4 cm³/mol. The molecule has 0 spiro atoms. The molecular formula is C17H22FN5O3. The molecule has 0 radical (unpaired) electrons. The molecule has 3 heterocycles. The summed E-state index contributed by atoms with van der Waals surface area (Å²) in [6.45, 7) is 2.94. The van der Waals surface area contributed by atoms with E-state index in [0.717, 1.165) is 10.4 Å². The highest BCUT2D eigenvalue weighted by Gasteiger charge is 2.34. The SMILES string of the molecule is Cc1cc(CN2C[C@@H](F)C[C@H]2CN(C)C(=O)c2ccc(=O)n(C)n2)on1. The van der Waals surface area contributed by atoms with Gasteiger partial charge in [-0.2, -0.15) is 5.10 Å². The Hall–Kier alpha value is -2.55. The summed E-state index contributed by atoms with van der Waals surface area (Å²) >= 11 is 0. The third-order valence-electron chi connectivity index (χ3n) is 4.52. The second kappa shape index (κ2) is 7.36. The molecule has 0 aromatic carbocycles. The van der Waals surface area contributed by atoms with E-state index in [4.69, 9.17) is 4.52 Å². The van der Waals surface area contributed by atoms with Crippen LogP contribution in [0.3, 0.4) is 0 Å². The molecular weight excluding hydrogens is 341 g/mol. The van der Waals surface area contributed by atoms with Crippen molar-refractivity contribution in [2.45, 2.75) is 32.1 Å². The number of likely N-dealkylation sites (tertiary alicyclic amines) is 1. The first-order chi connectivity index (χ1) is 12.3. The minimum absolute atomic E-state index is 0.128. The number of likely N-dealkylation sites (N-methyl/N-ethyl adjacent to an activating group) is 1. The van der Waals surface area contributed by atoms with Gasteiger partial charge in [-0.1, -0.05) is 5.16 Å². The zero-order chi connectivity index (χ0) is 18.8. The van der Waals surface area contributed by atoms with Gasteiger partial charge in [0.15, 0.2) is 5.76 Å². The fraction of sp³-hybridized carbons (Fsp3) is 0.529. The molecule has 0 aliphatic carbocycles. The van der Waals surface area contributed by atoms with E-state index < -0.39 is 6.17 Å². The molecule has 8 nitrogen and oxygen atoms in total. The third-order valence-corrected chi connectivity index (χ3v) is 4.52. The van der Waals surface area contributed by atoms with E-state index in [1.54, 1.807) is 7.05 Å². The van der Waals surface area contributed by atoms with E-state index in [2.05, 4.69) is 10.3 Å². The molecule has 2 aromatic rings. The van der Waals surface area contributed by atoms with Crippen LogP contribution in [0, 0.1) is 6.92 Å². The normalized spacial score (nSPS) is 20.5. The number of amides is 1. The second-order valence-corrected chi connectivity index (χ2v) is 6.72. The van der Waals surface area contributed by atoms with Gasteiger partial charge >= 0.3 is 0 Å². The Morgan fingerprint density at radius 3 is 2.88 bits per heavy atom. The van der Waals surface area contributed by atoms with Crippen LogP contribution in [0.1, 0.15) is 28.4 Å². The maximum absolute atomic E-state index is 14.0. The van der Waals surface area contributed by atoms with Crippen molar-refractivity contribution >= 4 is 5.91 Å². The molecule has 1 amide bonds. The van der Waals surface area contributed by atoms with Gasteiger partial charge in [0.05, 0.1) is 12.2 Å². The first-order valence-electron chi connectivity index (χ1n) is 8.43. The first-order valence-corrected chi connectivity index (χ1v) is 8.43. The number of nitrogens with zero attached hydrogens (tertiary/aromatic N) is 5. The van der Waals surface area contributed by atoms with Crippen LogP contribution in [-0.4, -0.2) is 63.0 Å². The monoisotopic (exact) mass is 363 g/mol.